The van der Waals surface area contributed by atoms with Crippen molar-refractivity contribution >= 4 is 16.1 Å². The molecule has 0 spiro atoms. The summed E-state index contributed by atoms with van der Waals surface area (Å²) in [5, 5.41) is 2.80. The molecule has 6 nitrogen and oxygen atoms in total. The number of urea groups is 1. The van der Waals surface area contributed by atoms with E-state index in [2.05, 4.69) is 5.32 Å². The molecule has 1 aromatic carbocycles. The van der Waals surface area contributed by atoms with Gasteiger partial charge < -0.3 is 10.1 Å². The maximum atomic E-state index is 13.5. The molecule has 0 unspecified atom stereocenters. The standard InChI is InChI=1S/C21H28N2O4S/c1-13-3-5-17(6-4-13)28(25,26)23-18(19(27-2)22-20(23)24)21-10-14-7-15(11-21)9-16(8-14)12-21/h3-6,14-16,18-19H,7-12H2,1-2H3,(H,22,24)/t14?,15?,16?,18-,19+,21?/m0/s1. The lowest BCUT2D eigenvalue weighted by atomic mass is 9.47. The number of nitrogens with one attached hydrogen (secondary N) is 1. The van der Waals surface area contributed by atoms with Gasteiger partial charge in [-0.15, -0.1) is 0 Å². The number of methoxy groups -OCH3 is 1. The van der Waals surface area contributed by atoms with Gasteiger partial charge in [0.05, 0.1) is 4.90 Å². The van der Waals surface area contributed by atoms with Crippen LogP contribution in [0.15, 0.2) is 29.2 Å². The smallest absolute Gasteiger partial charge is 0.333 e. The Hall–Kier alpha value is -1.60. The van der Waals surface area contributed by atoms with Gasteiger partial charge in [0, 0.05) is 7.11 Å². The predicted octanol–water partition coefficient (Wildman–Crippen LogP) is 3.27. The second-order valence-corrected chi connectivity index (χ2v) is 11.3. The Morgan fingerprint density at radius 3 is 2.07 bits per heavy atom. The van der Waals surface area contributed by atoms with Crippen molar-refractivity contribution in [3.63, 3.8) is 0 Å². The highest BCUT2D eigenvalue weighted by Gasteiger charge is 2.62. The van der Waals surface area contributed by atoms with Gasteiger partial charge >= 0.3 is 6.03 Å². The molecule has 7 heteroatoms. The fourth-order valence-electron chi connectivity index (χ4n) is 6.89. The van der Waals surface area contributed by atoms with Crippen molar-refractivity contribution in [2.75, 3.05) is 7.11 Å². The molecule has 0 radical (unpaired) electrons. The third-order valence-corrected chi connectivity index (χ3v) is 9.33. The summed E-state index contributed by atoms with van der Waals surface area (Å²) < 4.78 is 33.8. The molecular formula is C21H28N2O4S. The highest BCUT2D eigenvalue weighted by molar-refractivity contribution is 7.89. The first-order valence-corrected chi connectivity index (χ1v) is 11.7. The minimum Gasteiger partial charge on any atom is -0.359 e. The fraction of sp³-hybridized carbons (Fsp3) is 0.667. The molecule has 5 fully saturated rings. The molecule has 1 aromatic rings. The molecule has 2 amide bonds. The molecule has 152 valence electrons. The molecule has 4 bridgehead atoms. The molecule has 6 rings (SSSR count). The Morgan fingerprint density at radius 2 is 1.57 bits per heavy atom. The van der Waals surface area contributed by atoms with Gasteiger partial charge in [0.1, 0.15) is 6.04 Å². The van der Waals surface area contributed by atoms with Crippen LogP contribution in [0.4, 0.5) is 4.79 Å². The number of amides is 2. The quantitative estimate of drug-likeness (QED) is 0.836. The minimum atomic E-state index is -3.95. The number of hydrogen-bond acceptors (Lipinski definition) is 4. The van der Waals surface area contributed by atoms with Crippen LogP contribution in [0.2, 0.25) is 0 Å². The normalized spacial score (nSPS) is 39.4. The Labute approximate surface area is 166 Å². The number of benzene rings is 1. The second-order valence-electron chi connectivity index (χ2n) is 9.44. The van der Waals surface area contributed by atoms with Crippen LogP contribution in [0.5, 0.6) is 0 Å². The maximum Gasteiger partial charge on any atom is 0.333 e. The fourth-order valence-corrected chi connectivity index (χ4v) is 8.50. The van der Waals surface area contributed by atoms with E-state index in [1.807, 2.05) is 6.92 Å². The molecular weight excluding hydrogens is 376 g/mol. The average Bonchev–Trinajstić information content (AvgIpc) is 2.99. The molecule has 1 heterocycles. The first-order chi connectivity index (χ1) is 13.3. The van der Waals surface area contributed by atoms with Gasteiger partial charge in [0.2, 0.25) is 0 Å². The Kier molecular flexibility index (Phi) is 4.08. The van der Waals surface area contributed by atoms with Gasteiger partial charge in [-0.05, 0) is 80.8 Å². The van der Waals surface area contributed by atoms with E-state index in [-0.39, 0.29) is 10.3 Å². The summed E-state index contributed by atoms with van der Waals surface area (Å²) in [4.78, 5) is 13.1. The van der Waals surface area contributed by atoms with Crippen molar-refractivity contribution in [3.8, 4) is 0 Å². The molecule has 28 heavy (non-hydrogen) atoms. The Morgan fingerprint density at radius 1 is 1.04 bits per heavy atom. The SMILES string of the molecule is CO[C@H]1NC(=O)N(S(=O)(=O)c2ccc(C)cc2)[C@@H]1C12CC3CC(CC(C3)C1)C2. The number of rotatable bonds is 4. The van der Waals surface area contributed by atoms with Gasteiger partial charge in [-0.1, -0.05) is 17.7 Å². The zero-order valence-electron chi connectivity index (χ0n) is 16.4. The van der Waals surface area contributed by atoms with Gasteiger partial charge in [0.25, 0.3) is 10.0 Å². The number of nitrogens with zero attached hydrogens (tertiary/aromatic N) is 1. The van der Waals surface area contributed by atoms with Crippen molar-refractivity contribution < 1.29 is 17.9 Å². The molecule has 1 N–H and O–H groups in total. The van der Waals surface area contributed by atoms with E-state index in [1.165, 1.54) is 19.3 Å². The van der Waals surface area contributed by atoms with E-state index in [0.29, 0.717) is 17.8 Å². The van der Waals surface area contributed by atoms with E-state index >= 15 is 0 Å². The summed E-state index contributed by atoms with van der Waals surface area (Å²) in [6, 6.07) is 5.68. The Balaban J connectivity index is 1.58. The first-order valence-electron chi connectivity index (χ1n) is 10.3. The molecule has 1 aliphatic heterocycles. The summed E-state index contributed by atoms with van der Waals surface area (Å²) in [6.07, 6.45) is 6.18. The third-order valence-electron chi connectivity index (χ3n) is 7.55. The topological polar surface area (TPSA) is 75.7 Å². The summed E-state index contributed by atoms with van der Waals surface area (Å²) >= 11 is 0. The number of ether oxygens (including phenoxy) is 1. The van der Waals surface area contributed by atoms with E-state index in [1.54, 1.807) is 31.4 Å². The largest absolute Gasteiger partial charge is 0.359 e. The summed E-state index contributed by atoms with van der Waals surface area (Å²) in [7, 11) is -2.39. The Bertz CT molecular complexity index is 860. The van der Waals surface area contributed by atoms with Crippen molar-refractivity contribution in [1.29, 1.82) is 0 Å². The number of hydrogen-bond donors (Lipinski definition) is 1. The molecule has 1 saturated heterocycles. The summed E-state index contributed by atoms with van der Waals surface area (Å²) in [5.41, 5.74) is 0.809. The highest BCUT2D eigenvalue weighted by Crippen LogP contribution is 2.63. The predicted molar refractivity (Wildman–Crippen MR) is 104 cm³/mol. The summed E-state index contributed by atoms with van der Waals surface area (Å²) in [6.45, 7) is 1.91. The molecule has 4 aliphatic carbocycles. The van der Waals surface area contributed by atoms with Crippen LogP contribution in [0, 0.1) is 30.1 Å². The maximum absolute atomic E-state index is 13.5. The van der Waals surface area contributed by atoms with Crippen molar-refractivity contribution in [3.05, 3.63) is 29.8 Å². The zero-order valence-corrected chi connectivity index (χ0v) is 17.2. The van der Waals surface area contributed by atoms with Crippen LogP contribution >= 0.6 is 0 Å². The van der Waals surface area contributed by atoms with Crippen LogP contribution in [-0.2, 0) is 14.8 Å². The number of carbonyl (C=O) groups is 1. The zero-order chi connectivity index (χ0) is 19.7. The van der Waals surface area contributed by atoms with Crippen molar-refractivity contribution in [2.24, 2.45) is 23.2 Å². The third kappa shape index (κ3) is 2.62. The minimum absolute atomic E-state index is 0.166. The van der Waals surface area contributed by atoms with Crippen LogP contribution < -0.4 is 5.32 Å². The van der Waals surface area contributed by atoms with Gasteiger partial charge in [-0.3, -0.25) is 0 Å². The first kappa shape index (κ1) is 18.4. The average molecular weight is 405 g/mol. The van der Waals surface area contributed by atoms with E-state index in [4.69, 9.17) is 4.74 Å². The van der Waals surface area contributed by atoms with Crippen LogP contribution in [0.1, 0.15) is 44.1 Å². The highest BCUT2D eigenvalue weighted by atomic mass is 32.2. The number of carbonyl (C=O) groups excluding carboxylic acids is 1. The lowest BCUT2D eigenvalue weighted by Crippen LogP contribution is -2.59. The summed E-state index contributed by atoms with van der Waals surface area (Å²) in [5.74, 6) is 1.97. The van der Waals surface area contributed by atoms with Gasteiger partial charge in [0.15, 0.2) is 6.23 Å². The second kappa shape index (κ2) is 6.20. The van der Waals surface area contributed by atoms with Gasteiger partial charge in [-0.25, -0.2) is 17.5 Å². The van der Waals surface area contributed by atoms with Crippen molar-refractivity contribution in [2.45, 2.75) is 62.6 Å². The van der Waals surface area contributed by atoms with Gasteiger partial charge in [-0.2, -0.15) is 0 Å². The molecule has 5 aliphatic rings. The van der Waals surface area contributed by atoms with Crippen molar-refractivity contribution in [1.82, 2.24) is 9.62 Å². The molecule has 0 aromatic heterocycles. The molecule has 2 atom stereocenters. The van der Waals surface area contributed by atoms with E-state index in [9.17, 15) is 13.2 Å². The van der Waals surface area contributed by atoms with Crippen LogP contribution in [0.3, 0.4) is 0 Å². The monoisotopic (exact) mass is 404 g/mol. The van der Waals surface area contributed by atoms with Crippen LogP contribution in [-0.4, -0.2) is 38.1 Å². The van der Waals surface area contributed by atoms with Crippen LogP contribution in [0.25, 0.3) is 0 Å². The number of sulfonamides is 1. The van der Waals surface area contributed by atoms with E-state index < -0.39 is 28.3 Å². The lowest BCUT2D eigenvalue weighted by Gasteiger charge is -2.59. The molecule has 4 saturated carbocycles. The lowest BCUT2D eigenvalue weighted by molar-refractivity contribution is -0.107. The van der Waals surface area contributed by atoms with E-state index in [0.717, 1.165) is 29.1 Å². The number of aryl methyl sites for hydroxylation is 1.